The molecule has 0 radical (unpaired) electrons. The van der Waals surface area contributed by atoms with Gasteiger partial charge in [0.1, 0.15) is 0 Å². The van der Waals surface area contributed by atoms with Gasteiger partial charge in [0.15, 0.2) is 23.8 Å². The number of amides is 1. The summed E-state index contributed by atoms with van der Waals surface area (Å²) < 4.78 is 14.5. The van der Waals surface area contributed by atoms with Crippen molar-refractivity contribution in [3.8, 4) is 0 Å². The molecule has 6 unspecified atom stereocenters. The average molecular weight is 602 g/mol. The number of fused-ring (bicyclic) bond motifs is 2. The van der Waals surface area contributed by atoms with Gasteiger partial charge in [-0.15, -0.1) is 0 Å². The molecule has 43 heavy (non-hydrogen) atoms. The summed E-state index contributed by atoms with van der Waals surface area (Å²) in [4.78, 5) is 44.7. The molecule has 1 aromatic heterocycles. The van der Waals surface area contributed by atoms with Crippen LogP contribution in [0, 0.1) is 30.5 Å². The third-order valence-electron chi connectivity index (χ3n) is 7.94. The maximum atomic E-state index is 14.5. The first kappa shape index (κ1) is 31.6. The van der Waals surface area contributed by atoms with Gasteiger partial charge >= 0.3 is 11.9 Å². The van der Waals surface area contributed by atoms with Gasteiger partial charge in [-0.1, -0.05) is 12.2 Å². The topological polar surface area (TPSA) is 214 Å². The molecule has 15 heteroatoms. The van der Waals surface area contributed by atoms with E-state index < -0.39 is 30.0 Å². The van der Waals surface area contributed by atoms with Crippen LogP contribution in [-0.2, 0) is 14.4 Å². The average Bonchev–Trinajstić information content (AvgIpc) is 3.57. The molecule has 232 valence electrons. The predicted molar refractivity (Wildman–Crippen MR) is 154 cm³/mol. The highest BCUT2D eigenvalue weighted by Gasteiger charge is 2.47. The minimum Gasteiger partial charge on any atom is -0.479 e. The molecule has 14 nitrogen and oxygen atoms in total. The van der Waals surface area contributed by atoms with E-state index in [4.69, 9.17) is 26.2 Å². The Hall–Kier alpha value is -4.34. The van der Waals surface area contributed by atoms with E-state index in [1.165, 1.54) is 5.69 Å². The second-order valence-corrected chi connectivity index (χ2v) is 10.9. The van der Waals surface area contributed by atoms with Crippen LogP contribution in [0.5, 0.6) is 0 Å². The summed E-state index contributed by atoms with van der Waals surface area (Å²) in [6.45, 7) is 6.20. The highest BCUT2D eigenvalue weighted by molar-refractivity contribution is 5.83. The van der Waals surface area contributed by atoms with Gasteiger partial charge in [-0.3, -0.25) is 4.79 Å². The monoisotopic (exact) mass is 601 g/mol. The number of aliphatic hydroxyl groups excluding tert-OH is 2. The zero-order chi connectivity index (χ0) is 31.4. The maximum Gasteiger partial charge on any atom is 0.335 e. The molecule has 1 amide bonds. The van der Waals surface area contributed by atoms with Gasteiger partial charge in [0.25, 0.3) is 0 Å². The summed E-state index contributed by atoms with van der Waals surface area (Å²) in [5, 5.41) is 38.8. The van der Waals surface area contributed by atoms with Crippen LogP contribution in [0.25, 0.3) is 0 Å². The largest absolute Gasteiger partial charge is 0.479 e. The van der Waals surface area contributed by atoms with Crippen LogP contribution in [0.15, 0.2) is 36.5 Å². The van der Waals surface area contributed by atoms with E-state index in [2.05, 4.69) is 62.6 Å². The molecule has 2 fully saturated rings. The molecule has 0 spiro atoms. The van der Waals surface area contributed by atoms with Gasteiger partial charge in [0.05, 0.1) is 12.1 Å². The molecule has 1 aromatic carbocycles. The number of nitrogens with one attached hydrogen (secondary N) is 2. The normalized spacial score (nSPS) is 24.1. The fourth-order valence-electron chi connectivity index (χ4n) is 5.63. The molecule has 1 aliphatic heterocycles. The van der Waals surface area contributed by atoms with Crippen molar-refractivity contribution in [3.63, 3.8) is 0 Å². The number of hydrogen-bond acceptors (Lipinski definition) is 11. The Morgan fingerprint density at radius 1 is 1.05 bits per heavy atom. The number of piperazine rings is 1. The van der Waals surface area contributed by atoms with Crippen LogP contribution in [0.2, 0.25) is 0 Å². The SMILES string of the molecule is Cc1cc(Nc2ncc(F)c(NC3C4C=CC(C4)C3C(N)=O)n2)ccc1N1CCN(C)CC1.O=C(O)C(O)C(O)C(=O)O. The van der Waals surface area contributed by atoms with E-state index >= 15 is 0 Å². The number of hydrogen-bond donors (Lipinski definition) is 7. The first-order chi connectivity index (χ1) is 20.3. The number of nitrogens with zero attached hydrogens (tertiary/aromatic N) is 4. The minimum atomic E-state index is -2.27. The zero-order valence-corrected chi connectivity index (χ0v) is 23.7. The van der Waals surface area contributed by atoms with Crippen LogP contribution in [0.3, 0.4) is 0 Å². The summed E-state index contributed by atoms with van der Waals surface area (Å²) >= 11 is 0. The highest BCUT2D eigenvalue weighted by atomic mass is 19.1. The Morgan fingerprint density at radius 3 is 2.26 bits per heavy atom. The van der Waals surface area contributed by atoms with Gasteiger partial charge in [0, 0.05) is 43.6 Å². The molecule has 1 saturated heterocycles. The number of anilines is 4. The standard InChI is InChI=1S/C24H30FN7O.C4H6O6/c1-14-11-17(5-6-19(14)32-9-7-31(2)8-10-32)28-24-27-13-18(25)23(30-24)29-21-16-4-3-15(12-16)20(21)22(26)33;5-1(3(7)8)2(6)4(9)10/h3-6,11,13,15-16,20-21H,7-10,12H2,1-2H3,(H2,26,33)(H2,27,28,29,30);1-2,5-6H,(H,7,8)(H,9,10). The van der Waals surface area contributed by atoms with Gasteiger partial charge in [0.2, 0.25) is 11.9 Å². The van der Waals surface area contributed by atoms with Crippen molar-refractivity contribution >= 4 is 41.0 Å². The number of carbonyl (C=O) groups is 3. The molecular weight excluding hydrogens is 565 g/mol. The number of rotatable bonds is 9. The highest BCUT2D eigenvalue weighted by Crippen LogP contribution is 2.45. The van der Waals surface area contributed by atoms with Crippen LogP contribution in [0.4, 0.5) is 27.5 Å². The van der Waals surface area contributed by atoms with Crippen LogP contribution < -0.4 is 21.3 Å². The van der Waals surface area contributed by atoms with E-state index in [-0.39, 0.29) is 35.5 Å². The lowest BCUT2D eigenvalue weighted by Crippen LogP contribution is -2.44. The van der Waals surface area contributed by atoms with E-state index in [1.54, 1.807) is 0 Å². The van der Waals surface area contributed by atoms with Crippen LogP contribution >= 0.6 is 0 Å². The lowest BCUT2D eigenvalue weighted by Gasteiger charge is -2.35. The molecule has 6 atom stereocenters. The Morgan fingerprint density at radius 2 is 1.67 bits per heavy atom. The number of aliphatic hydroxyl groups is 2. The molecule has 3 aliphatic rings. The second-order valence-electron chi connectivity index (χ2n) is 10.9. The first-order valence-corrected chi connectivity index (χ1v) is 13.7. The summed E-state index contributed by atoms with van der Waals surface area (Å²) in [5.41, 5.74) is 8.84. The second kappa shape index (κ2) is 13.3. The molecule has 1 saturated carbocycles. The number of benzene rings is 1. The smallest absolute Gasteiger partial charge is 0.335 e. The quantitative estimate of drug-likeness (QED) is 0.194. The lowest BCUT2D eigenvalue weighted by atomic mass is 9.88. The van der Waals surface area contributed by atoms with E-state index in [1.807, 2.05) is 12.1 Å². The van der Waals surface area contributed by atoms with Crippen molar-refractivity contribution in [2.45, 2.75) is 31.6 Å². The minimum absolute atomic E-state index is 0.0791. The number of aryl methyl sites for hydroxylation is 1. The number of halogens is 1. The number of allylic oxidation sites excluding steroid dienone is 1. The predicted octanol–water partition coefficient (Wildman–Crippen LogP) is 0.385. The fourth-order valence-corrected chi connectivity index (χ4v) is 5.63. The summed E-state index contributed by atoms with van der Waals surface area (Å²) in [6.07, 6.45) is 1.57. The number of nitrogens with two attached hydrogens (primary N) is 1. The number of carboxylic acid groups (broad SMARTS) is 2. The third kappa shape index (κ3) is 7.36. The van der Waals surface area contributed by atoms with Crippen molar-refractivity contribution in [1.29, 1.82) is 0 Å². The van der Waals surface area contributed by atoms with E-state index in [0.29, 0.717) is 5.95 Å². The molecule has 2 bridgehead atoms. The van der Waals surface area contributed by atoms with Crippen molar-refractivity contribution in [1.82, 2.24) is 14.9 Å². The maximum absolute atomic E-state index is 14.5. The first-order valence-electron chi connectivity index (χ1n) is 13.7. The Kier molecular flexibility index (Phi) is 9.78. The van der Waals surface area contributed by atoms with Gasteiger partial charge in [-0.05, 0) is 56.0 Å². The number of carbonyl (C=O) groups excluding carboxylic acids is 1. The zero-order valence-electron chi connectivity index (χ0n) is 23.7. The Labute approximate surface area is 247 Å². The van der Waals surface area contributed by atoms with Crippen molar-refractivity contribution in [2.75, 3.05) is 48.8 Å². The summed E-state index contributed by atoms with van der Waals surface area (Å²) in [7, 11) is 2.14. The lowest BCUT2D eigenvalue weighted by molar-refractivity contribution is -0.165. The fraction of sp³-hybridized carbons (Fsp3) is 0.464. The van der Waals surface area contributed by atoms with E-state index in [9.17, 15) is 18.8 Å². The third-order valence-corrected chi connectivity index (χ3v) is 7.94. The van der Waals surface area contributed by atoms with Crippen LogP contribution in [-0.4, -0.2) is 105 Å². The van der Waals surface area contributed by atoms with Crippen molar-refractivity contribution in [3.05, 3.63) is 47.9 Å². The number of likely N-dealkylation sites (N-methyl/N-ethyl adjacent to an activating group) is 1. The number of aromatic nitrogens is 2. The molecule has 2 heterocycles. The molecule has 2 aromatic rings. The van der Waals surface area contributed by atoms with Crippen molar-refractivity contribution < 1.29 is 39.2 Å². The van der Waals surface area contributed by atoms with Gasteiger partial charge < -0.3 is 46.6 Å². The van der Waals surface area contributed by atoms with Gasteiger partial charge in [-0.25, -0.2) is 19.0 Å². The van der Waals surface area contributed by atoms with Crippen LogP contribution in [0.1, 0.15) is 12.0 Å². The van der Waals surface area contributed by atoms with E-state index in [0.717, 1.165) is 50.0 Å². The molecule has 2 aliphatic carbocycles. The Bertz CT molecular complexity index is 1370. The molecule has 8 N–H and O–H groups in total. The number of primary amides is 1. The Balaban J connectivity index is 0.000000365. The summed E-state index contributed by atoms with van der Waals surface area (Å²) in [5.74, 6) is -4.21. The number of carboxylic acids is 2. The van der Waals surface area contributed by atoms with Crippen molar-refractivity contribution in [2.24, 2.45) is 23.5 Å². The number of aliphatic carboxylic acids is 2. The van der Waals surface area contributed by atoms with Gasteiger partial charge in [-0.2, -0.15) is 4.98 Å². The molecular formula is C28H36FN7O7. The summed E-state index contributed by atoms with van der Waals surface area (Å²) in [6, 6.07) is 5.88. The molecule has 5 rings (SSSR count).